The van der Waals surface area contributed by atoms with E-state index in [0.29, 0.717) is 84.4 Å². The zero-order chi connectivity index (χ0) is 40.6. The van der Waals surface area contributed by atoms with Gasteiger partial charge in [-0.05, 0) is 67.9 Å². The van der Waals surface area contributed by atoms with Crippen molar-refractivity contribution >= 4 is 46.1 Å². The van der Waals surface area contributed by atoms with Crippen molar-refractivity contribution in [1.82, 2.24) is 14.8 Å². The maximum atomic E-state index is 14.7. The number of amides is 1. The second kappa shape index (κ2) is 16.9. The highest BCUT2D eigenvalue weighted by atomic mass is 35.5. The van der Waals surface area contributed by atoms with Gasteiger partial charge in [-0.25, -0.2) is 4.98 Å². The number of halogens is 1. The Hall–Kier alpha value is -3.68. The first-order valence-electron chi connectivity index (χ1n) is 20.8. The number of aromatic nitrogens is 1. The third-order valence-electron chi connectivity index (χ3n) is 12.9. The fourth-order valence-corrected chi connectivity index (χ4v) is 9.62. The van der Waals surface area contributed by atoms with Crippen LogP contribution in [0.5, 0.6) is 17.4 Å². The molecule has 57 heavy (non-hydrogen) atoms. The topological polar surface area (TPSA) is 154 Å². The standard InChI is InChI=1S/C43H58ClN3O10/c1-6-27-22-43(27,41(51)52)23-33(48)32-19-29(24-47(32)40(50)31(42(3,4)5)20-37(49)57-28-17-25-16-26(25)18-28)56-35-21-36(54-7-2)45-39-30(35)8-9-34(38(39)44)55-15-12-46-10-13-53-14-11-46/h8-9,21,25-29,31-32H,6-7,10-20,22-24H2,1-5H3,(H,51,52)/t25-,26+,27-,28?,29-,31-,32+,43-/m1/s1. The van der Waals surface area contributed by atoms with Gasteiger partial charge in [-0.3, -0.25) is 24.1 Å². The molecular formula is C43H58ClN3O10. The first-order valence-corrected chi connectivity index (χ1v) is 21.2. The lowest BCUT2D eigenvalue weighted by Gasteiger charge is -2.35. The number of nitrogens with zero attached hydrogens (tertiary/aromatic N) is 3. The van der Waals surface area contributed by atoms with Gasteiger partial charge in [0.1, 0.15) is 40.9 Å². The zero-order valence-corrected chi connectivity index (χ0v) is 34.7. The molecule has 0 radical (unpaired) electrons. The van der Waals surface area contributed by atoms with Gasteiger partial charge in [0, 0.05) is 43.9 Å². The number of ketones is 1. The Balaban J connectivity index is 1.13. The van der Waals surface area contributed by atoms with Crippen LogP contribution < -0.4 is 14.2 Å². The average Bonchev–Trinajstić information content (AvgIpc) is 3.98. The lowest BCUT2D eigenvalue weighted by molar-refractivity contribution is -0.157. The number of fused-ring (bicyclic) bond motifs is 2. The van der Waals surface area contributed by atoms with Crippen molar-refractivity contribution in [2.24, 2.45) is 34.5 Å². The van der Waals surface area contributed by atoms with Crippen LogP contribution in [0.3, 0.4) is 0 Å². The van der Waals surface area contributed by atoms with E-state index < -0.39 is 40.8 Å². The van der Waals surface area contributed by atoms with E-state index in [1.54, 1.807) is 12.1 Å². The van der Waals surface area contributed by atoms with Gasteiger partial charge >= 0.3 is 11.9 Å². The minimum atomic E-state index is -1.14. The van der Waals surface area contributed by atoms with E-state index in [1.807, 2.05) is 40.7 Å². The predicted octanol–water partition coefficient (Wildman–Crippen LogP) is 6.20. The zero-order valence-electron chi connectivity index (χ0n) is 33.9. The number of Topliss-reactive ketones (excluding diaryl/α,β-unsaturated/α-hetero) is 1. The second-order valence-corrected chi connectivity index (χ2v) is 18.2. The minimum Gasteiger partial charge on any atom is -0.491 e. The summed E-state index contributed by atoms with van der Waals surface area (Å²) in [6, 6.07) is 4.35. The number of hydrogen-bond acceptors (Lipinski definition) is 11. The summed E-state index contributed by atoms with van der Waals surface area (Å²) in [7, 11) is 0. The first kappa shape index (κ1) is 41.5. The van der Waals surface area contributed by atoms with Gasteiger partial charge in [-0.15, -0.1) is 0 Å². The molecule has 0 spiro atoms. The van der Waals surface area contributed by atoms with Crippen molar-refractivity contribution in [2.45, 2.75) is 104 Å². The van der Waals surface area contributed by atoms with Gasteiger partial charge in [0.15, 0.2) is 5.78 Å². The Morgan fingerprint density at radius 2 is 1.75 bits per heavy atom. The number of carboxylic acids is 1. The number of pyridine rings is 1. The molecule has 2 aliphatic heterocycles. The SMILES string of the molecule is CCOc1cc(O[C@@H]2C[C@@H](C(=O)C[C@]3(C(=O)O)C[C@H]3CC)N(C(=O)[C@@H](CC(=O)OC3C[C@@H]4C[C@@H]4C3)C(C)(C)C)C2)c2ccc(OCCN3CCOCC3)c(Cl)c2n1. The van der Waals surface area contributed by atoms with Crippen LogP contribution in [0.2, 0.25) is 5.02 Å². The molecule has 1 aromatic heterocycles. The van der Waals surface area contributed by atoms with E-state index in [9.17, 15) is 24.3 Å². The predicted molar refractivity (Wildman–Crippen MR) is 212 cm³/mol. The fourth-order valence-electron chi connectivity index (χ4n) is 9.36. The summed E-state index contributed by atoms with van der Waals surface area (Å²) in [5.74, 6) is -0.477. The number of carboxylic acid groups (broad SMARTS) is 1. The Labute approximate surface area is 340 Å². The lowest BCUT2D eigenvalue weighted by atomic mass is 9.77. The summed E-state index contributed by atoms with van der Waals surface area (Å²) < 4.78 is 29.9. The van der Waals surface area contributed by atoms with Gasteiger partial charge in [0.25, 0.3) is 0 Å². The van der Waals surface area contributed by atoms with Crippen molar-refractivity contribution in [3.05, 3.63) is 23.2 Å². The number of aliphatic carboxylic acids is 1. The molecule has 8 atom stereocenters. The van der Waals surface area contributed by atoms with Crippen molar-refractivity contribution in [2.75, 3.05) is 52.6 Å². The monoisotopic (exact) mass is 811 g/mol. The first-order chi connectivity index (χ1) is 27.2. The van der Waals surface area contributed by atoms with Crippen LogP contribution in [0.1, 0.15) is 86.0 Å². The summed E-state index contributed by atoms with van der Waals surface area (Å²) >= 11 is 6.94. The molecule has 7 rings (SSSR count). The Morgan fingerprint density at radius 1 is 1.02 bits per heavy atom. The molecule has 0 bridgehead atoms. The molecule has 13 nitrogen and oxygen atoms in total. The van der Waals surface area contributed by atoms with Crippen LogP contribution in [-0.4, -0.2) is 114 Å². The quantitative estimate of drug-likeness (QED) is 0.181. The number of hydrogen-bond donors (Lipinski definition) is 1. The number of esters is 1. The lowest BCUT2D eigenvalue weighted by Crippen LogP contribution is -2.48. The van der Waals surface area contributed by atoms with Gasteiger partial charge in [-0.2, -0.15) is 0 Å². The molecule has 2 saturated heterocycles. The Kier molecular flexibility index (Phi) is 12.3. The molecule has 5 aliphatic rings. The van der Waals surface area contributed by atoms with Crippen molar-refractivity contribution in [1.29, 1.82) is 0 Å². The van der Waals surface area contributed by atoms with Gasteiger partial charge in [-0.1, -0.05) is 45.7 Å². The molecule has 2 aromatic rings. The maximum Gasteiger partial charge on any atom is 0.310 e. The Bertz CT molecular complexity index is 1830. The van der Waals surface area contributed by atoms with Gasteiger partial charge in [0.2, 0.25) is 11.8 Å². The molecule has 3 aliphatic carbocycles. The van der Waals surface area contributed by atoms with Crippen molar-refractivity contribution < 1.29 is 48.0 Å². The molecular weight excluding hydrogens is 754 g/mol. The van der Waals surface area contributed by atoms with E-state index in [0.717, 1.165) is 32.5 Å². The van der Waals surface area contributed by atoms with Crippen LogP contribution in [0.25, 0.3) is 10.9 Å². The molecule has 1 aromatic carbocycles. The van der Waals surface area contributed by atoms with Crippen LogP contribution >= 0.6 is 11.6 Å². The third kappa shape index (κ3) is 9.15. The highest BCUT2D eigenvalue weighted by Crippen LogP contribution is 2.58. The maximum absolute atomic E-state index is 14.7. The molecule has 1 unspecified atom stereocenters. The molecule has 3 saturated carbocycles. The third-order valence-corrected chi connectivity index (χ3v) is 13.3. The highest BCUT2D eigenvalue weighted by Gasteiger charge is 2.61. The minimum absolute atomic E-state index is 0.0599. The van der Waals surface area contributed by atoms with E-state index in [1.165, 1.54) is 11.3 Å². The second-order valence-electron chi connectivity index (χ2n) is 17.8. The smallest absolute Gasteiger partial charge is 0.310 e. The van der Waals surface area contributed by atoms with Crippen LogP contribution in [0.4, 0.5) is 0 Å². The van der Waals surface area contributed by atoms with Crippen LogP contribution in [0, 0.1) is 34.5 Å². The largest absolute Gasteiger partial charge is 0.491 e. The number of carbonyl (C=O) groups excluding carboxylic acids is 3. The summed E-state index contributed by atoms with van der Waals surface area (Å²) in [5.41, 5.74) is -1.35. The number of ether oxygens (including phenoxy) is 5. The molecule has 312 valence electrons. The van der Waals surface area contributed by atoms with Crippen molar-refractivity contribution in [3.63, 3.8) is 0 Å². The van der Waals surface area contributed by atoms with Crippen LogP contribution in [-0.2, 0) is 28.7 Å². The number of benzene rings is 1. The number of carbonyl (C=O) groups is 4. The molecule has 5 fully saturated rings. The van der Waals surface area contributed by atoms with E-state index in [2.05, 4.69) is 9.88 Å². The van der Waals surface area contributed by atoms with Crippen molar-refractivity contribution in [3.8, 4) is 17.4 Å². The summed E-state index contributed by atoms with van der Waals surface area (Å²) in [5, 5.41) is 11.1. The fraction of sp³-hybridized carbons (Fsp3) is 0.698. The molecule has 14 heteroatoms. The molecule has 3 heterocycles. The van der Waals surface area contributed by atoms with E-state index >= 15 is 0 Å². The summed E-state index contributed by atoms with van der Waals surface area (Å²) in [6.07, 6.45) is 3.12. The summed E-state index contributed by atoms with van der Waals surface area (Å²) in [4.78, 5) is 63.3. The number of morpholine rings is 1. The Morgan fingerprint density at radius 3 is 2.40 bits per heavy atom. The number of likely N-dealkylation sites (tertiary alicyclic amines) is 1. The summed E-state index contributed by atoms with van der Waals surface area (Å²) in [6.45, 7) is 14.1. The number of rotatable bonds is 17. The van der Waals surface area contributed by atoms with E-state index in [4.69, 9.17) is 35.3 Å². The van der Waals surface area contributed by atoms with Gasteiger partial charge in [0.05, 0.1) is 50.2 Å². The van der Waals surface area contributed by atoms with E-state index in [-0.39, 0.29) is 49.5 Å². The van der Waals surface area contributed by atoms with Gasteiger partial charge < -0.3 is 33.7 Å². The molecule has 1 N–H and O–H groups in total. The molecule has 1 amide bonds. The highest BCUT2D eigenvalue weighted by molar-refractivity contribution is 6.36. The average molecular weight is 812 g/mol. The normalized spacial score (nSPS) is 28.8. The van der Waals surface area contributed by atoms with Crippen LogP contribution in [0.15, 0.2) is 18.2 Å².